The van der Waals surface area contributed by atoms with Gasteiger partial charge in [0.1, 0.15) is 11.5 Å². The van der Waals surface area contributed by atoms with Gasteiger partial charge in [0.15, 0.2) is 0 Å². The van der Waals surface area contributed by atoms with Gasteiger partial charge in [-0.05, 0) is 61.6 Å². The third-order valence-electron chi connectivity index (χ3n) is 8.68. The Balaban J connectivity index is 1.49. The van der Waals surface area contributed by atoms with Gasteiger partial charge in [0.2, 0.25) is 0 Å². The van der Waals surface area contributed by atoms with E-state index in [0.717, 1.165) is 0 Å². The van der Waals surface area contributed by atoms with Crippen LogP contribution in [0.3, 0.4) is 0 Å². The van der Waals surface area contributed by atoms with Gasteiger partial charge in [0.05, 0.1) is 60.6 Å². The second kappa shape index (κ2) is 12.6. The van der Waals surface area contributed by atoms with Gasteiger partial charge in [-0.1, -0.05) is 169 Å². The first-order chi connectivity index (χ1) is 40.6. The minimum Gasteiger partial charge on any atom is -0.455 e. The van der Waals surface area contributed by atoms with Crippen molar-refractivity contribution in [2.45, 2.75) is 0 Å². The largest absolute Gasteiger partial charge is 0.455 e. The SMILES string of the molecule is [2H]c1nc2c(c([2H])c1[2H])c([2H])c([2H])c1c([2H])c([2H])c(-c3c([2H])c([2H])c(-c4c(-c5c([2H])c([2H])c([2H])c([2H])c5[2H])oc(-c5c([2H])c6c([2H])c([2H])c([2H])c([2H])c6c6c([2H])c([2H])c([2H])c([2H])c56)c4-c4c([2H])c([2H])c([2H])c([2H])c4[2H])c4c([2H])c([2H])c([2H])c([2H])c34)nc12. The second-order valence-corrected chi connectivity index (χ2v) is 11.6. The summed E-state index contributed by atoms with van der Waals surface area (Å²) in [6.45, 7) is 0. The molecular weight excluding hydrogens is 669 g/mol. The predicted octanol–water partition coefficient (Wildman–Crippen LogP) is 14.2. The Morgan fingerprint density at radius 1 is 0.382 bits per heavy atom. The highest BCUT2D eigenvalue weighted by Crippen LogP contribution is 2.52. The lowest BCUT2D eigenvalue weighted by molar-refractivity contribution is 0.599. The normalized spacial score (nSPS) is 19.8. The average Bonchev–Trinajstić information content (AvgIpc) is 1.69. The van der Waals surface area contributed by atoms with E-state index in [2.05, 4.69) is 9.97 Å². The Morgan fingerprint density at radius 3 is 1.71 bits per heavy atom. The van der Waals surface area contributed by atoms with Gasteiger partial charge in [0, 0.05) is 44.8 Å². The fraction of sp³-hybridized carbons (Fsp3) is 0. The van der Waals surface area contributed by atoms with Gasteiger partial charge in [-0.15, -0.1) is 0 Å². The number of pyridine rings is 2. The molecule has 8 aromatic carbocycles. The maximum absolute atomic E-state index is 10.2. The number of rotatable bonds is 5. The first-order valence-electron chi connectivity index (χ1n) is 32.1. The van der Waals surface area contributed by atoms with E-state index < -0.39 is 304 Å². The predicted molar refractivity (Wildman–Crippen MR) is 229 cm³/mol. The molecule has 11 aromatic rings. The summed E-state index contributed by atoms with van der Waals surface area (Å²) in [5, 5.41) is -5.86. The highest BCUT2D eigenvalue weighted by Gasteiger charge is 2.28. The van der Waals surface area contributed by atoms with E-state index in [1.807, 2.05) is 0 Å². The lowest BCUT2D eigenvalue weighted by atomic mass is 9.86. The quantitative estimate of drug-likeness (QED) is 0.165. The van der Waals surface area contributed by atoms with Crippen LogP contribution in [0.2, 0.25) is 0 Å². The van der Waals surface area contributed by atoms with Gasteiger partial charge in [-0.3, -0.25) is 4.98 Å². The Hall–Kier alpha value is -7.36. The van der Waals surface area contributed by atoms with Crippen molar-refractivity contribution in [3.63, 3.8) is 0 Å². The van der Waals surface area contributed by atoms with Crippen LogP contribution in [0.25, 0.3) is 110 Å². The Bertz CT molecular complexity index is 5080. The van der Waals surface area contributed by atoms with E-state index in [9.17, 15) is 17.8 Å². The molecule has 256 valence electrons. The summed E-state index contributed by atoms with van der Waals surface area (Å²) in [6, 6.07) is -32.2. The lowest BCUT2D eigenvalue weighted by Gasteiger charge is -2.15. The summed E-state index contributed by atoms with van der Waals surface area (Å²) >= 11 is 0. The monoisotopic (exact) mass is 732 g/mol. The first kappa shape index (κ1) is 12.9. The van der Waals surface area contributed by atoms with Crippen LogP contribution < -0.4 is 0 Å². The summed E-state index contributed by atoms with van der Waals surface area (Å²) in [6.07, 6.45) is -0.836. The molecule has 0 aliphatic rings. The molecule has 55 heavy (non-hydrogen) atoms. The average molecular weight is 733 g/mol. The first-order valence-corrected chi connectivity index (χ1v) is 16.1. The molecule has 0 saturated heterocycles. The third-order valence-corrected chi connectivity index (χ3v) is 8.68. The molecule has 0 N–H and O–H groups in total. The zero-order chi connectivity index (χ0) is 64.1. The number of hydrogen-bond acceptors (Lipinski definition) is 3. The molecular formula is C52H32N2O. The molecule has 0 atom stereocenters. The molecule has 0 aliphatic carbocycles. The Kier molecular flexibility index (Phi) is 2.97. The highest BCUT2D eigenvalue weighted by atomic mass is 16.3. The summed E-state index contributed by atoms with van der Waals surface area (Å²) in [4.78, 5) is 8.52. The standard InChI is InChI=1S/C52H32N2O/c1-3-14-33(15-4-1)47-48(51(36-16-5-2-6-17-36)55-52(47)45-32-37-18-7-8-20-38(37)39-21-9-12-24-42(39)45)44-29-28-43(40-22-10-11-23-41(40)44)46-30-27-35-26-25-34-19-13-31-53-49(34)50(35)54-46/h1-32H/i1D,2D,3D,4D,5D,6D,7D,8D,9D,10D,11D,12D,13D,14D,15D,16D,17D,18D,19D,20D,21D,22D,23D,24D,25D,26D,27D,28D,29D,30D,31D,32D. The molecule has 0 saturated carbocycles. The minimum absolute atomic E-state index is 0.513. The molecule has 0 spiro atoms. The van der Waals surface area contributed by atoms with Crippen LogP contribution in [-0.2, 0) is 0 Å². The van der Waals surface area contributed by atoms with Crippen molar-refractivity contribution in [3.8, 4) is 56.2 Å². The minimum atomic E-state index is -1.26. The van der Waals surface area contributed by atoms with Crippen LogP contribution in [0.15, 0.2) is 198 Å². The molecule has 0 amide bonds. The van der Waals surface area contributed by atoms with Crippen molar-refractivity contribution in [1.29, 1.82) is 0 Å². The molecule has 3 nitrogen and oxygen atoms in total. The van der Waals surface area contributed by atoms with Crippen molar-refractivity contribution in [1.82, 2.24) is 9.97 Å². The molecule has 0 radical (unpaired) electrons. The van der Waals surface area contributed by atoms with Crippen LogP contribution in [0.4, 0.5) is 0 Å². The lowest BCUT2D eigenvalue weighted by Crippen LogP contribution is -1.92. The van der Waals surface area contributed by atoms with Gasteiger partial charge < -0.3 is 4.42 Å². The molecule has 11 rings (SSSR count). The summed E-state index contributed by atoms with van der Waals surface area (Å²) in [7, 11) is 0. The Labute approximate surface area is 362 Å². The zero-order valence-corrected chi connectivity index (χ0v) is 27.3. The van der Waals surface area contributed by atoms with E-state index in [1.54, 1.807) is 0 Å². The molecule has 0 fully saturated rings. The molecule has 3 heterocycles. The number of nitrogens with zero attached hydrogens (tertiary/aromatic N) is 2. The maximum atomic E-state index is 10.2. The smallest absolute Gasteiger partial charge is 0.143 e. The summed E-state index contributed by atoms with van der Waals surface area (Å²) in [5.74, 6) is -2.23. The van der Waals surface area contributed by atoms with Crippen molar-refractivity contribution >= 4 is 54.1 Å². The van der Waals surface area contributed by atoms with Crippen molar-refractivity contribution in [2.24, 2.45) is 0 Å². The molecule has 3 heteroatoms. The fourth-order valence-electron chi connectivity index (χ4n) is 6.37. The second-order valence-electron chi connectivity index (χ2n) is 11.6. The number of aromatic nitrogens is 2. The number of benzene rings is 8. The van der Waals surface area contributed by atoms with E-state index in [-0.39, 0.29) is 0 Å². The van der Waals surface area contributed by atoms with Gasteiger partial charge in [-0.2, -0.15) is 0 Å². The van der Waals surface area contributed by atoms with Gasteiger partial charge in [0.25, 0.3) is 0 Å². The van der Waals surface area contributed by atoms with Crippen molar-refractivity contribution in [2.75, 3.05) is 0 Å². The fourth-order valence-corrected chi connectivity index (χ4v) is 6.37. The molecule has 0 unspecified atom stereocenters. The van der Waals surface area contributed by atoms with E-state index >= 15 is 0 Å². The highest BCUT2D eigenvalue weighted by molar-refractivity contribution is 6.17. The van der Waals surface area contributed by atoms with Crippen LogP contribution in [0, 0.1) is 0 Å². The zero-order valence-electron chi connectivity index (χ0n) is 59.3. The van der Waals surface area contributed by atoms with Crippen molar-refractivity contribution < 1.29 is 48.3 Å². The number of hydrogen-bond donors (Lipinski definition) is 0. The number of fused-ring (bicyclic) bond motifs is 7. The molecule has 0 aliphatic heterocycles. The summed E-state index contributed by atoms with van der Waals surface area (Å²) < 4.78 is 298. The van der Waals surface area contributed by atoms with Crippen LogP contribution in [0.5, 0.6) is 0 Å². The Morgan fingerprint density at radius 2 is 0.945 bits per heavy atom. The van der Waals surface area contributed by atoms with Gasteiger partial charge >= 0.3 is 0 Å². The van der Waals surface area contributed by atoms with Crippen LogP contribution >= 0.6 is 0 Å². The van der Waals surface area contributed by atoms with Crippen LogP contribution in [0.1, 0.15) is 43.9 Å². The maximum Gasteiger partial charge on any atom is 0.143 e. The van der Waals surface area contributed by atoms with Crippen molar-refractivity contribution in [3.05, 3.63) is 193 Å². The molecule has 0 bridgehead atoms. The van der Waals surface area contributed by atoms with E-state index in [1.165, 1.54) is 0 Å². The topological polar surface area (TPSA) is 38.9 Å². The third kappa shape index (κ3) is 5.05. The van der Waals surface area contributed by atoms with Crippen LogP contribution in [-0.4, -0.2) is 9.97 Å². The van der Waals surface area contributed by atoms with E-state index in [0.29, 0.717) is 0 Å². The van der Waals surface area contributed by atoms with E-state index in [4.69, 9.17) is 30.5 Å². The molecule has 3 aromatic heterocycles. The summed E-state index contributed by atoms with van der Waals surface area (Å²) in [5.41, 5.74) is -8.95. The van der Waals surface area contributed by atoms with Gasteiger partial charge in [-0.25, -0.2) is 4.98 Å². The number of furan rings is 1.